The van der Waals surface area contributed by atoms with E-state index in [-0.39, 0.29) is 22.7 Å². The molecule has 0 bridgehead atoms. The molecule has 6 heteroatoms. The molecule has 5 nitrogen and oxygen atoms in total. The van der Waals surface area contributed by atoms with Crippen LogP contribution in [0.15, 0.2) is 18.2 Å². The van der Waals surface area contributed by atoms with Crippen LogP contribution in [0.1, 0.15) is 5.56 Å². The van der Waals surface area contributed by atoms with E-state index in [1.165, 1.54) is 18.2 Å². The van der Waals surface area contributed by atoms with Crippen molar-refractivity contribution in [3.05, 3.63) is 38.9 Å². The van der Waals surface area contributed by atoms with Crippen molar-refractivity contribution in [1.82, 2.24) is 0 Å². The number of nitro benzene ring substituents is 1. The molecule has 1 amide bonds. The molecule has 0 unspecified atom stereocenters. The molecule has 0 atom stereocenters. The van der Waals surface area contributed by atoms with Crippen LogP contribution in [0.5, 0.6) is 0 Å². The van der Waals surface area contributed by atoms with E-state index in [9.17, 15) is 14.9 Å². The number of primary amides is 1. The van der Waals surface area contributed by atoms with E-state index >= 15 is 0 Å². The first-order chi connectivity index (χ1) is 6.50. The van der Waals surface area contributed by atoms with Gasteiger partial charge in [0.2, 0.25) is 5.91 Å². The smallest absolute Gasteiger partial charge is 0.274 e. The zero-order valence-corrected chi connectivity index (χ0v) is 7.82. The normalized spacial score (nSPS) is 9.79. The first-order valence-corrected chi connectivity index (χ1v) is 4.09. The highest BCUT2D eigenvalue weighted by atomic mass is 35.5. The van der Waals surface area contributed by atoms with E-state index in [1.807, 2.05) is 0 Å². The average Bonchev–Trinajstić information content (AvgIpc) is 2.07. The quantitative estimate of drug-likeness (QED) is 0.607. The van der Waals surface area contributed by atoms with Crippen LogP contribution in [0.2, 0.25) is 5.02 Å². The van der Waals surface area contributed by atoms with Crippen LogP contribution in [-0.4, -0.2) is 10.8 Å². The number of nitrogens with zero attached hydrogens (tertiary/aromatic N) is 1. The molecule has 0 aromatic heterocycles. The number of rotatable bonds is 3. The van der Waals surface area contributed by atoms with Crippen LogP contribution in [0.25, 0.3) is 0 Å². The Morgan fingerprint density at radius 2 is 2.21 bits per heavy atom. The summed E-state index contributed by atoms with van der Waals surface area (Å²) in [5.41, 5.74) is 5.02. The zero-order valence-electron chi connectivity index (χ0n) is 7.07. The van der Waals surface area contributed by atoms with Crippen molar-refractivity contribution >= 4 is 23.2 Å². The number of hydrogen-bond donors (Lipinski definition) is 1. The van der Waals surface area contributed by atoms with Gasteiger partial charge in [0, 0.05) is 16.7 Å². The number of halogens is 1. The third-order valence-corrected chi connectivity index (χ3v) is 1.84. The van der Waals surface area contributed by atoms with Gasteiger partial charge in [-0.25, -0.2) is 0 Å². The Labute approximate surface area is 84.6 Å². The third-order valence-electron chi connectivity index (χ3n) is 1.61. The van der Waals surface area contributed by atoms with Gasteiger partial charge in [-0.3, -0.25) is 14.9 Å². The maximum absolute atomic E-state index is 10.6. The second-order valence-corrected chi connectivity index (χ2v) is 3.11. The zero-order chi connectivity index (χ0) is 10.7. The van der Waals surface area contributed by atoms with E-state index in [1.54, 1.807) is 0 Å². The Kier molecular flexibility index (Phi) is 3.03. The van der Waals surface area contributed by atoms with E-state index in [0.717, 1.165) is 0 Å². The first kappa shape index (κ1) is 10.5. The predicted molar refractivity (Wildman–Crippen MR) is 51.0 cm³/mol. The number of nitro groups is 1. The fraction of sp³-hybridized carbons (Fsp3) is 0.125. The van der Waals surface area contributed by atoms with Crippen molar-refractivity contribution < 1.29 is 9.72 Å². The van der Waals surface area contributed by atoms with E-state index in [2.05, 4.69) is 0 Å². The highest BCUT2D eigenvalue weighted by Crippen LogP contribution is 2.23. The molecule has 0 spiro atoms. The van der Waals surface area contributed by atoms with Gasteiger partial charge in [-0.1, -0.05) is 17.7 Å². The Morgan fingerprint density at radius 1 is 1.57 bits per heavy atom. The summed E-state index contributed by atoms with van der Waals surface area (Å²) < 4.78 is 0. The second-order valence-electron chi connectivity index (χ2n) is 2.67. The van der Waals surface area contributed by atoms with Gasteiger partial charge in [0.25, 0.3) is 5.69 Å². The third kappa shape index (κ3) is 2.43. The molecule has 1 rings (SSSR count). The number of carbonyl (C=O) groups excluding carboxylic acids is 1. The van der Waals surface area contributed by atoms with E-state index in [0.29, 0.717) is 0 Å². The Morgan fingerprint density at radius 3 is 2.71 bits per heavy atom. The number of carbonyl (C=O) groups is 1. The fourth-order valence-corrected chi connectivity index (χ4v) is 1.21. The number of amides is 1. The Bertz CT molecular complexity index is 392. The number of hydrogen-bond acceptors (Lipinski definition) is 3. The fourth-order valence-electron chi connectivity index (χ4n) is 1.04. The van der Waals surface area contributed by atoms with Crippen LogP contribution < -0.4 is 5.73 Å². The molecular formula is C8H7ClN2O3. The van der Waals surface area contributed by atoms with Crippen LogP contribution in [0, 0.1) is 10.1 Å². The maximum atomic E-state index is 10.6. The lowest BCUT2D eigenvalue weighted by Gasteiger charge is -2.00. The summed E-state index contributed by atoms with van der Waals surface area (Å²) in [6, 6.07) is 4.10. The summed E-state index contributed by atoms with van der Waals surface area (Å²) in [6.07, 6.45) is -0.159. The molecule has 2 N–H and O–H groups in total. The minimum Gasteiger partial charge on any atom is -0.369 e. The lowest BCUT2D eigenvalue weighted by molar-refractivity contribution is -0.385. The molecule has 1 aromatic carbocycles. The molecule has 0 aliphatic rings. The molecule has 0 fully saturated rings. The molecule has 74 valence electrons. The monoisotopic (exact) mass is 214 g/mol. The summed E-state index contributed by atoms with van der Waals surface area (Å²) in [6.45, 7) is 0. The standard InChI is InChI=1S/C8H7ClN2O3/c9-6-2-1-5(3-8(10)12)7(4-6)11(13)14/h1-2,4H,3H2,(H2,10,12). The molecule has 0 aliphatic carbocycles. The van der Waals surface area contributed by atoms with Gasteiger partial charge in [0.1, 0.15) is 0 Å². The number of benzene rings is 1. The summed E-state index contributed by atoms with van der Waals surface area (Å²) >= 11 is 5.58. The first-order valence-electron chi connectivity index (χ1n) is 3.72. The average molecular weight is 215 g/mol. The molecule has 0 radical (unpaired) electrons. The minimum atomic E-state index is -0.615. The van der Waals surface area contributed by atoms with Gasteiger partial charge in [0.05, 0.1) is 11.3 Å². The van der Waals surface area contributed by atoms with E-state index < -0.39 is 10.8 Å². The van der Waals surface area contributed by atoms with Gasteiger partial charge in [-0.2, -0.15) is 0 Å². The second kappa shape index (κ2) is 4.06. The predicted octanol–water partition coefficient (Wildman–Crippen LogP) is 1.28. The van der Waals surface area contributed by atoms with E-state index in [4.69, 9.17) is 17.3 Å². The lowest BCUT2D eigenvalue weighted by Crippen LogP contribution is -2.14. The lowest BCUT2D eigenvalue weighted by atomic mass is 10.1. The minimum absolute atomic E-state index is 0.159. The van der Waals surface area contributed by atoms with Crippen LogP contribution in [0.4, 0.5) is 5.69 Å². The maximum Gasteiger partial charge on any atom is 0.274 e. The number of nitrogens with two attached hydrogens (primary N) is 1. The van der Waals surface area contributed by atoms with Crippen molar-refractivity contribution in [2.75, 3.05) is 0 Å². The summed E-state index contributed by atoms with van der Waals surface area (Å²) in [5.74, 6) is -0.615. The molecular weight excluding hydrogens is 208 g/mol. The molecule has 1 aromatic rings. The Hall–Kier alpha value is -1.62. The van der Waals surface area contributed by atoms with Gasteiger partial charge in [-0.05, 0) is 6.07 Å². The van der Waals surface area contributed by atoms with Crippen LogP contribution in [-0.2, 0) is 11.2 Å². The summed E-state index contributed by atoms with van der Waals surface area (Å²) in [4.78, 5) is 20.6. The van der Waals surface area contributed by atoms with Crippen molar-refractivity contribution in [1.29, 1.82) is 0 Å². The molecule has 0 saturated carbocycles. The molecule has 0 heterocycles. The van der Waals surface area contributed by atoms with Crippen molar-refractivity contribution in [3.8, 4) is 0 Å². The molecule has 0 saturated heterocycles. The summed E-state index contributed by atoms with van der Waals surface area (Å²) in [5, 5.41) is 10.8. The van der Waals surface area contributed by atoms with Gasteiger partial charge in [0.15, 0.2) is 0 Å². The Balaban J connectivity index is 3.14. The van der Waals surface area contributed by atoms with Crippen LogP contribution in [0.3, 0.4) is 0 Å². The topological polar surface area (TPSA) is 86.2 Å². The van der Waals surface area contributed by atoms with Gasteiger partial charge < -0.3 is 5.73 Å². The highest BCUT2D eigenvalue weighted by Gasteiger charge is 2.15. The molecule has 14 heavy (non-hydrogen) atoms. The van der Waals surface area contributed by atoms with Crippen molar-refractivity contribution in [3.63, 3.8) is 0 Å². The highest BCUT2D eigenvalue weighted by molar-refractivity contribution is 6.30. The SMILES string of the molecule is NC(=O)Cc1ccc(Cl)cc1[N+](=O)[O-]. The van der Waals surface area contributed by atoms with Crippen molar-refractivity contribution in [2.24, 2.45) is 5.73 Å². The molecule has 0 aliphatic heterocycles. The largest absolute Gasteiger partial charge is 0.369 e. The van der Waals surface area contributed by atoms with Gasteiger partial charge in [-0.15, -0.1) is 0 Å². The van der Waals surface area contributed by atoms with Crippen LogP contribution >= 0.6 is 11.6 Å². The van der Waals surface area contributed by atoms with Gasteiger partial charge >= 0.3 is 0 Å². The summed E-state index contributed by atoms with van der Waals surface area (Å²) in [7, 11) is 0. The van der Waals surface area contributed by atoms with Crippen molar-refractivity contribution in [2.45, 2.75) is 6.42 Å².